The molecule has 3 aromatic heterocycles. The van der Waals surface area contributed by atoms with E-state index in [9.17, 15) is 9.90 Å². The molecule has 3 heterocycles. The van der Waals surface area contributed by atoms with Gasteiger partial charge in [0.2, 0.25) is 0 Å². The molecule has 0 radical (unpaired) electrons. The van der Waals surface area contributed by atoms with Crippen LogP contribution in [0.2, 0.25) is 5.02 Å². The summed E-state index contributed by atoms with van der Waals surface area (Å²) in [5.41, 5.74) is 3.14. The summed E-state index contributed by atoms with van der Waals surface area (Å²) < 4.78 is 6.70. The summed E-state index contributed by atoms with van der Waals surface area (Å²) in [4.78, 5) is 22.3. The maximum atomic E-state index is 11.5. The minimum Gasteiger partial charge on any atom is -0.492 e. The standard InChI is InChI=1S/C23H22ClN3O3S2/c1-4-30-17-10-18(32-22(17)23(28)29)16-9-19(27-11-26-16)25-8-7-14-13(3)31-21-12(2)5-6-15(24)20(14)21/h5-6,9-11H,4,7-8H2,1-3H3,(H,28,29)(H,25,26,27). The number of hydrogen-bond acceptors (Lipinski definition) is 7. The molecular formula is C23H22ClN3O3S2. The molecular weight excluding hydrogens is 466 g/mol. The highest BCUT2D eigenvalue weighted by Crippen LogP contribution is 2.38. The predicted molar refractivity (Wildman–Crippen MR) is 132 cm³/mol. The molecule has 0 amide bonds. The molecule has 0 spiro atoms. The molecule has 166 valence electrons. The van der Waals surface area contributed by atoms with Crippen LogP contribution in [-0.2, 0) is 6.42 Å². The van der Waals surface area contributed by atoms with E-state index in [0.717, 1.165) is 33.0 Å². The van der Waals surface area contributed by atoms with Crippen molar-refractivity contribution < 1.29 is 14.6 Å². The van der Waals surface area contributed by atoms with Crippen LogP contribution in [0.5, 0.6) is 5.75 Å². The Morgan fingerprint density at radius 2 is 2.03 bits per heavy atom. The third kappa shape index (κ3) is 4.44. The lowest BCUT2D eigenvalue weighted by molar-refractivity contribution is 0.0698. The van der Waals surface area contributed by atoms with E-state index in [-0.39, 0.29) is 4.88 Å². The quantitative estimate of drug-likeness (QED) is 0.297. The van der Waals surface area contributed by atoms with Gasteiger partial charge in [-0.1, -0.05) is 17.7 Å². The van der Waals surface area contributed by atoms with Crippen molar-refractivity contribution in [3.63, 3.8) is 0 Å². The van der Waals surface area contributed by atoms with Gasteiger partial charge >= 0.3 is 5.97 Å². The molecule has 0 aliphatic heterocycles. The van der Waals surface area contributed by atoms with Crippen molar-refractivity contribution in [1.82, 2.24) is 9.97 Å². The average molecular weight is 488 g/mol. The van der Waals surface area contributed by atoms with Crippen molar-refractivity contribution in [2.24, 2.45) is 0 Å². The van der Waals surface area contributed by atoms with Crippen LogP contribution in [0.4, 0.5) is 5.82 Å². The van der Waals surface area contributed by atoms with Crippen molar-refractivity contribution in [3.05, 3.63) is 56.5 Å². The van der Waals surface area contributed by atoms with E-state index in [4.69, 9.17) is 16.3 Å². The molecule has 0 aliphatic carbocycles. The molecule has 0 atom stereocenters. The van der Waals surface area contributed by atoms with Gasteiger partial charge in [-0.15, -0.1) is 22.7 Å². The van der Waals surface area contributed by atoms with E-state index < -0.39 is 5.97 Å². The number of fused-ring (bicyclic) bond motifs is 1. The van der Waals surface area contributed by atoms with Gasteiger partial charge in [-0.2, -0.15) is 0 Å². The highest BCUT2D eigenvalue weighted by molar-refractivity contribution is 7.19. The van der Waals surface area contributed by atoms with E-state index in [0.29, 0.717) is 30.4 Å². The zero-order valence-electron chi connectivity index (χ0n) is 17.9. The second-order valence-electron chi connectivity index (χ2n) is 7.21. The van der Waals surface area contributed by atoms with Crippen LogP contribution in [0.15, 0.2) is 30.6 Å². The fourth-order valence-electron chi connectivity index (χ4n) is 3.58. The monoisotopic (exact) mass is 487 g/mol. The summed E-state index contributed by atoms with van der Waals surface area (Å²) in [6.45, 7) is 7.14. The highest BCUT2D eigenvalue weighted by Gasteiger charge is 2.19. The number of nitrogens with one attached hydrogen (secondary N) is 1. The summed E-state index contributed by atoms with van der Waals surface area (Å²) >= 11 is 9.43. The number of nitrogens with zero attached hydrogens (tertiary/aromatic N) is 2. The number of aryl methyl sites for hydroxylation is 2. The van der Waals surface area contributed by atoms with Crippen LogP contribution in [-0.4, -0.2) is 34.2 Å². The average Bonchev–Trinajstić information content (AvgIpc) is 3.34. The highest BCUT2D eigenvalue weighted by atomic mass is 35.5. The predicted octanol–water partition coefficient (Wildman–Crippen LogP) is 6.44. The van der Waals surface area contributed by atoms with Crippen molar-refractivity contribution in [2.75, 3.05) is 18.5 Å². The topological polar surface area (TPSA) is 84.3 Å². The third-order valence-corrected chi connectivity index (χ3v) is 7.80. The fourth-order valence-corrected chi connectivity index (χ4v) is 6.02. The Bertz CT molecular complexity index is 1300. The smallest absolute Gasteiger partial charge is 0.349 e. The first kappa shape index (κ1) is 22.5. The lowest BCUT2D eigenvalue weighted by Crippen LogP contribution is -2.07. The summed E-state index contributed by atoms with van der Waals surface area (Å²) in [5, 5.41) is 14.7. The molecule has 0 aliphatic rings. The molecule has 0 fully saturated rings. The van der Waals surface area contributed by atoms with Crippen molar-refractivity contribution in [1.29, 1.82) is 0 Å². The van der Waals surface area contributed by atoms with E-state index in [1.54, 1.807) is 17.4 Å². The van der Waals surface area contributed by atoms with Crippen LogP contribution < -0.4 is 10.1 Å². The van der Waals surface area contributed by atoms with Gasteiger partial charge in [-0.3, -0.25) is 0 Å². The Labute approximate surface area is 198 Å². The van der Waals surface area contributed by atoms with Gasteiger partial charge in [0.25, 0.3) is 0 Å². The van der Waals surface area contributed by atoms with Crippen molar-refractivity contribution in [2.45, 2.75) is 27.2 Å². The number of carbonyl (C=O) groups is 1. The number of anilines is 1. The van der Waals surface area contributed by atoms with E-state index >= 15 is 0 Å². The summed E-state index contributed by atoms with van der Waals surface area (Å²) in [5.74, 6) is 0.0298. The molecule has 4 aromatic rings. The Morgan fingerprint density at radius 1 is 1.22 bits per heavy atom. The number of halogens is 1. The lowest BCUT2D eigenvalue weighted by atomic mass is 10.1. The third-order valence-electron chi connectivity index (χ3n) is 5.08. The molecule has 32 heavy (non-hydrogen) atoms. The molecule has 4 rings (SSSR count). The zero-order valence-corrected chi connectivity index (χ0v) is 20.2. The largest absolute Gasteiger partial charge is 0.492 e. The van der Waals surface area contributed by atoms with Gasteiger partial charge in [-0.25, -0.2) is 14.8 Å². The zero-order chi connectivity index (χ0) is 22.8. The number of aromatic carboxylic acids is 1. The van der Waals surface area contributed by atoms with Gasteiger partial charge < -0.3 is 15.2 Å². The summed E-state index contributed by atoms with van der Waals surface area (Å²) in [6.07, 6.45) is 2.29. The van der Waals surface area contributed by atoms with Crippen LogP contribution in [0.3, 0.4) is 0 Å². The van der Waals surface area contributed by atoms with Crippen LogP contribution in [0.1, 0.15) is 32.6 Å². The normalized spacial score (nSPS) is 11.1. The second-order valence-corrected chi connectivity index (χ2v) is 9.90. The first-order valence-electron chi connectivity index (χ1n) is 10.1. The Morgan fingerprint density at radius 3 is 2.78 bits per heavy atom. The minimum atomic E-state index is -1.01. The second kappa shape index (κ2) is 9.44. The minimum absolute atomic E-state index is 0.168. The number of hydrogen-bond donors (Lipinski definition) is 2. The molecule has 1 aromatic carbocycles. The van der Waals surface area contributed by atoms with Gasteiger partial charge in [0, 0.05) is 38.7 Å². The Balaban J connectivity index is 1.52. The van der Waals surface area contributed by atoms with E-state index in [2.05, 4.69) is 35.2 Å². The maximum absolute atomic E-state index is 11.5. The maximum Gasteiger partial charge on any atom is 0.349 e. The van der Waals surface area contributed by atoms with Crippen LogP contribution in [0.25, 0.3) is 20.7 Å². The number of carboxylic acids is 1. The van der Waals surface area contributed by atoms with Gasteiger partial charge in [0.1, 0.15) is 17.9 Å². The molecule has 0 saturated carbocycles. The van der Waals surface area contributed by atoms with E-state index in [1.165, 1.54) is 27.0 Å². The molecule has 0 bridgehead atoms. The summed E-state index contributed by atoms with van der Waals surface area (Å²) in [6, 6.07) is 7.56. The van der Waals surface area contributed by atoms with Crippen LogP contribution in [0, 0.1) is 13.8 Å². The van der Waals surface area contributed by atoms with E-state index in [1.807, 2.05) is 19.1 Å². The first-order valence-corrected chi connectivity index (χ1v) is 12.1. The number of ether oxygens (including phenoxy) is 1. The van der Waals surface area contributed by atoms with Gasteiger partial charge in [0.05, 0.1) is 17.2 Å². The molecule has 2 N–H and O–H groups in total. The Hall–Kier alpha value is -2.68. The molecule has 0 saturated heterocycles. The first-order chi connectivity index (χ1) is 15.4. The molecule has 6 nitrogen and oxygen atoms in total. The number of benzene rings is 1. The van der Waals surface area contributed by atoms with Gasteiger partial charge in [-0.05, 0) is 44.4 Å². The van der Waals surface area contributed by atoms with Crippen molar-refractivity contribution in [3.8, 4) is 16.3 Å². The van der Waals surface area contributed by atoms with Gasteiger partial charge in [0.15, 0.2) is 4.88 Å². The SMILES string of the molecule is CCOc1cc(-c2cc(NCCc3c(C)sc4c(C)ccc(Cl)c34)ncn2)sc1C(=O)O. The number of aromatic nitrogens is 2. The number of thiophene rings is 2. The molecule has 9 heteroatoms. The lowest BCUT2D eigenvalue weighted by Gasteiger charge is -2.08. The number of carboxylic acid groups (broad SMARTS) is 1. The fraction of sp³-hybridized carbons (Fsp3) is 0.261. The summed E-state index contributed by atoms with van der Waals surface area (Å²) in [7, 11) is 0. The Kier molecular flexibility index (Phi) is 6.64. The number of rotatable bonds is 8. The molecule has 0 unspecified atom stereocenters. The van der Waals surface area contributed by atoms with Crippen LogP contribution >= 0.6 is 34.3 Å². The van der Waals surface area contributed by atoms with Crippen molar-refractivity contribution >= 4 is 56.1 Å².